The van der Waals surface area contributed by atoms with E-state index >= 15 is 0 Å². The number of allylic oxidation sites excluding steroid dienone is 2. The van der Waals surface area contributed by atoms with E-state index in [1.807, 2.05) is 6.92 Å². The number of carbonyl (C=O) groups excluding carboxylic acids is 1. The first-order chi connectivity index (χ1) is 8.70. The summed E-state index contributed by atoms with van der Waals surface area (Å²) in [5, 5.41) is 10.3. The van der Waals surface area contributed by atoms with Crippen LogP contribution in [0.1, 0.15) is 71.1 Å². The molecule has 102 valence electrons. The first-order valence-corrected chi connectivity index (χ1v) is 7.64. The summed E-state index contributed by atoms with van der Waals surface area (Å²) in [5.74, 6) is 1.07. The number of carbonyl (C=O) groups is 1. The molecule has 0 aromatic rings. The largest absolute Gasteiger partial charge is 0.512 e. The Morgan fingerprint density at radius 3 is 1.78 bits per heavy atom. The van der Waals surface area contributed by atoms with Gasteiger partial charge in [-0.05, 0) is 32.6 Å². The van der Waals surface area contributed by atoms with Crippen molar-refractivity contribution in [2.24, 2.45) is 11.8 Å². The fourth-order valence-corrected chi connectivity index (χ4v) is 3.48. The Kier molecular flexibility index (Phi) is 4.85. The van der Waals surface area contributed by atoms with E-state index in [9.17, 15) is 9.90 Å². The summed E-state index contributed by atoms with van der Waals surface area (Å²) in [7, 11) is 0. The van der Waals surface area contributed by atoms with Gasteiger partial charge >= 0.3 is 0 Å². The minimum Gasteiger partial charge on any atom is -0.512 e. The molecule has 18 heavy (non-hydrogen) atoms. The molecule has 0 aromatic heterocycles. The topological polar surface area (TPSA) is 37.3 Å². The average molecular weight is 250 g/mol. The third-order valence-electron chi connectivity index (χ3n) is 4.72. The summed E-state index contributed by atoms with van der Waals surface area (Å²) < 4.78 is 0. The van der Waals surface area contributed by atoms with Crippen molar-refractivity contribution in [1.82, 2.24) is 0 Å². The number of Topliss-reactive ketones (excluding diaryl/α,β-unsaturated/α-hetero) is 1. The van der Waals surface area contributed by atoms with Crippen molar-refractivity contribution in [2.75, 3.05) is 0 Å². The quantitative estimate of drug-likeness (QED) is 0.589. The zero-order valence-corrected chi connectivity index (χ0v) is 11.6. The molecule has 2 saturated carbocycles. The van der Waals surface area contributed by atoms with Crippen molar-refractivity contribution in [2.45, 2.75) is 71.1 Å². The molecule has 1 N–H and O–H groups in total. The fraction of sp³-hybridized carbons (Fsp3) is 0.812. The lowest BCUT2D eigenvalue weighted by atomic mass is 9.81. The predicted octanol–water partition coefficient (Wildman–Crippen LogP) is 4.55. The van der Waals surface area contributed by atoms with E-state index < -0.39 is 0 Å². The number of aliphatic hydroxyl groups is 1. The van der Waals surface area contributed by atoms with Crippen LogP contribution in [-0.4, -0.2) is 10.9 Å². The molecule has 0 aliphatic heterocycles. The number of aliphatic hydroxyl groups excluding tert-OH is 1. The highest BCUT2D eigenvalue weighted by molar-refractivity contribution is 5.97. The number of hydrogen-bond donors (Lipinski definition) is 1. The molecule has 2 aliphatic carbocycles. The molecule has 0 unspecified atom stereocenters. The van der Waals surface area contributed by atoms with E-state index in [1.165, 1.54) is 38.5 Å². The van der Waals surface area contributed by atoms with Crippen LogP contribution in [-0.2, 0) is 4.79 Å². The van der Waals surface area contributed by atoms with Crippen LogP contribution in [0.25, 0.3) is 0 Å². The van der Waals surface area contributed by atoms with E-state index in [0.29, 0.717) is 11.3 Å². The molecular formula is C16H26O2. The molecule has 0 aromatic carbocycles. The zero-order valence-electron chi connectivity index (χ0n) is 11.6. The number of hydrogen-bond acceptors (Lipinski definition) is 2. The summed E-state index contributed by atoms with van der Waals surface area (Å²) in [4.78, 5) is 12.4. The molecule has 0 bridgehead atoms. The van der Waals surface area contributed by atoms with Crippen LogP contribution in [0.4, 0.5) is 0 Å². The van der Waals surface area contributed by atoms with Crippen molar-refractivity contribution in [3.8, 4) is 0 Å². The maximum Gasteiger partial charge on any atom is 0.164 e. The molecule has 0 saturated heterocycles. The van der Waals surface area contributed by atoms with Gasteiger partial charge in [-0.1, -0.05) is 38.5 Å². The smallest absolute Gasteiger partial charge is 0.164 e. The van der Waals surface area contributed by atoms with Crippen LogP contribution in [0.15, 0.2) is 11.3 Å². The van der Waals surface area contributed by atoms with Crippen molar-refractivity contribution < 1.29 is 9.90 Å². The van der Waals surface area contributed by atoms with Gasteiger partial charge in [-0.15, -0.1) is 0 Å². The van der Waals surface area contributed by atoms with Crippen molar-refractivity contribution in [3.63, 3.8) is 0 Å². The molecule has 2 aliphatic rings. The van der Waals surface area contributed by atoms with Gasteiger partial charge in [-0.25, -0.2) is 0 Å². The lowest BCUT2D eigenvalue weighted by Gasteiger charge is -2.25. The van der Waals surface area contributed by atoms with E-state index in [2.05, 4.69) is 0 Å². The summed E-state index contributed by atoms with van der Waals surface area (Å²) >= 11 is 0. The van der Waals surface area contributed by atoms with Gasteiger partial charge in [0.25, 0.3) is 0 Å². The Bertz CT molecular complexity index is 318. The average Bonchev–Trinajstić information content (AvgIpc) is 2.47. The van der Waals surface area contributed by atoms with Gasteiger partial charge in [0.1, 0.15) is 5.76 Å². The van der Waals surface area contributed by atoms with Crippen LogP contribution >= 0.6 is 0 Å². The molecule has 0 atom stereocenters. The Balaban J connectivity index is 2.02. The van der Waals surface area contributed by atoms with Crippen molar-refractivity contribution in [1.29, 1.82) is 0 Å². The maximum atomic E-state index is 12.4. The second-order valence-electron chi connectivity index (χ2n) is 6.04. The fourth-order valence-electron chi connectivity index (χ4n) is 3.48. The van der Waals surface area contributed by atoms with Gasteiger partial charge < -0.3 is 5.11 Å². The summed E-state index contributed by atoms with van der Waals surface area (Å²) in [6, 6.07) is 0. The molecule has 2 nitrogen and oxygen atoms in total. The first-order valence-electron chi connectivity index (χ1n) is 7.64. The molecule has 2 heteroatoms. The zero-order chi connectivity index (χ0) is 13.0. The molecule has 0 amide bonds. The van der Waals surface area contributed by atoms with E-state index in [4.69, 9.17) is 0 Å². The van der Waals surface area contributed by atoms with E-state index in [0.717, 1.165) is 25.7 Å². The Labute approximate surface area is 110 Å². The minimum atomic E-state index is 0.185. The second kappa shape index (κ2) is 6.40. The summed E-state index contributed by atoms with van der Waals surface area (Å²) in [6.07, 6.45) is 11.4. The van der Waals surface area contributed by atoms with Gasteiger partial charge in [0.15, 0.2) is 5.78 Å². The second-order valence-corrected chi connectivity index (χ2v) is 6.04. The van der Waals surface area contributed by atoms with Gasteiger partial charge in [0.2, 0.25) is 0 Å². The van der Waals surface area contributed by atoms with Crippen LogP contribution in [0, 0.1) is 11.8 Å². The van der Waals surface area contributed by atoms with Crippen LogP contribution in [0.3, 0.4) is 0 Å². The molecule has 0 radical (unpaired) electrons. The molecular weight excluding hydrogens is 224 g/mol. The lowest BCUT2D eigenvalue weighted by Crippen LogP contribution is -2.21. The standard InChI is InChI=1S/C16H26O2/c1-12(15(17)13-8-4-2-5-9-13)16(18)14-10-6-3-7-11-14/h13-14,17H,2-11H2,1H3. The SMILES string of the molecule is CC(C(=O)C1CCCCC1)=C(O)C1CCCCC1. The van der Waals surface area contributed by atoms with Crippen LogP contribution in [0.2, 0.25) is 0 Å². The summed E-state index contributed by atoms with van der Waals surface area (Å²) in [6.45, 7) is 1.83. The predicted molar refractivity (Wildman–Crippen MR) is 73.5 cm³/mol. The highest BCUT2D eigenvalue weighted by Gasteiger charge is 2.27. The Morgan fingerprint density at radius 1 is 0.833 bits per heavy atom. The highest BCUT2D eigenvalue weighted by atomic mass is 16.3. The van der Waals surface area contributed by atoms with E-state index in [-0.39, 0.29) is 17.6 Å². The van der Waals surface area contributed by atoms with Crippen molar-refractivity contribution in [3.05, 3.63) is 11.3 Å². The van der Waals surface area contributed by atoms with E-state index in [1.54, 1.807) is 0 Å². The van der Waals surface area contributed by atoms with Gasteiger partial charge in [-0.3, -0.25) is 4.79 Å². The highest BCUT2D eigenvalue weighted by Crippen LogP contribution is 2.32. The molecule has 2 fully saturated rings. The first kappa shape index (κ1) is 13.6. The van der Waals surface area contributed by atoms with Gasteiger partial charge in [-0.2, -0.15) is 0 Å². The maximum absolute atomic E-state index is 12.4. The molecule has 0 heterocycles. The third kappa shape index (κ3) is 3.15. The Hall–Kier alpha value is -0.790. The third-order valence-corrected chi connectivity index (χ3v) is 4.72. The van der Waals surface area contributed by atoms with Gasteiger partial charge in [0.05, 0.1) is 0 Å². The number of rotatable bonds is 3. The Morgan fingerprint density at radius 2 is 1.28 bits per heavy atom. The normalized spacial score (nSPS) is 24.7. The molecule has 2 rings (SSSR count). The van der Waals surface area contributed by atoms with Crippen LogP contribution in [0.5, 0.6) is 0 Å². The van der Waals surface area contributed by atoms with Gasteiger partial charge in [0, 0.05) is 17.4 Å². The monoisotopic (exact) mass is 250 g/mol. The van der Waals surface area contributed by atoms with Crippen LogP contribution < -0.4 is 0 Å². The minimum absolute atomic E-state index is 0.185. The summed E-state index contributed by atoms with van der Waals surface area (Å²) in [5.41, 5.74) is 0.661. The van der Waals surface area contributed by atoms with Crippen molar-refractivity contribution >= 4 is 5.78 Å². The molecule has 0 spiro atoms. The lowest BCUT2D eigenvalue weighted by molar-refractivity contribution is -0.120. The number of ketones is 1.